The summed E-state index contributed by atoms with van der Waals surface area (Å²) >= 11 is 0. The Labute approximate surface area is 58.6 Å². The molecule has 0 radical (unpaired) electrons. The molecule has 0 N–H and O–H groups in total. The maximum absolute atomic E-state index is 2.26. The summed E-state index contributed by atoms with van der Waals surface area (Å²) in [5.41, 5.74) is 1.46. The van der Waals surface area contributed by atoms with Crippen LogP contribution in [0.2, 0.25) is 0 Å². The van der Waals surface area contributed by atoms with Gasteiger partial charge in [-0.3, -0.25) is 0 Å². The summed E-state index contributed by atoms with van der Waals surface area (Å²) in [4.78, 5) is 0. The Morgan fingerprint density at radius 3 is 1.89 bits per heavy atom. The Hall–Kier alpha value is -0.300. The number of hydrogen-bond donors (Lipinski definition) is 0. The van der Waals surface area contributed by atoms with Crippen LogP contribution in [0.1, 0.15) is 20.3 Å². The first-order valence-electron chi connectivity index (χ1n) is 3.45. The van der Waals surface area contributed by atoms with E-state index in [4.69, 9.17) is 0 Å². The molecule has 0 unspecified atom stereocenters. The molecule has 54 valence electrons. The minimum atomic E-state index is 0.930. The van der Waals surface area contributed by atoms with Gasteiger partial charge in [-0.25, -0.2) is 0 Å². The molecular weight excluding hydrogens is 110 g/mol. The second-order valence-corrected chi connectivity index (χ2v) is 3.45. The van der Waals surface area contributed by atoms with Gasteiger partial charge in [0, 0.05) is 0 Å². The number of quaternary nitrogens is 1. The fourth-order valence-corrected chi connectivity index (χ4v) is 0.752. The van der Waals surface area contributed by atoms with Crippen molar-refractivity contribution < 1.29 is 4.48 Å². The van der Waals surface area contributed by atoms with E-state index in [2.05, 4.69) is 41.2 Å². The van der Waals surface area contributed by atoms with E-state index in [0.717, 1.165) is 10.9 Å². The summed E-state index contributed by atoms with van der Waals surface area (Å²) < 4.78 is 0.930. The zero-order valence-corrected chi connectivity index (χ0v) is 7.23. The van der Waals surface area contributed by atoms with Gasteiger partial charge in [0.2, 0.25) is 0 Å². The first kappa shape index (κ1) is 8.70. The molecule has 1 nitrogen and oxygen atoms in total. The summed E-state index contributed by atoms with van der Waals surface area (Å²) in [6.07, 6.45) is 3.43. The van der Waals surface area contributed by atoms with Crippen molar-refractivity contribution in [2.24, 2.45) is 0 Å². The lowest BCUT2D eigenvalue weighted by atomic mass is 10.2. The molecule has 0 aromatic rings. The number of rotatable bonds is 2. The zero-order chi connectivity index (χ0) is 7.49. The normalized spacial score (nSPS) is 14.1. The summed E-state index contributed by atoms with van der Waals surface area (Å²) in [6, 6.07) is 0. The highest BCUT2D eigenvalue weighted by atomic mass is 15.3. The highest BCUT2D eigenvalue weighted by Crippen LogP contribution is 2.02. The van der Waals surface area contributed by atoms with Crippen molar-refractivity contribution in [2.45, 2.75) is 20.3 Å². The lowest BCUT2D eigenvalue weighted by Gasteiger charge is -2.18. The molecule has 0 aromatic heterocycles. The van der Waals surface area contributed by atoms with Crippen molar-refractivity contribution >= 4 is 0 Å². The first-order valence-corrected chi connectivity index (χ1v) is 3.45. The molecule has 9 heavy (non-hydrogen) atoms. The van der Waals surface area contributed by atoms with Gasteiger partial charge in [-0.1, -0.05) is 6.92 Å². The van der Waals surface area contributed by atoms with Gasteiger partial charge >= 0.3 is 0 Å². The van der Waals surface area contributed by atoms with Crippen molar-refractivity contribution in [1.29, 1.82) is 0 Å². The maximum Gasteiger partial charge on any atom is 0.0940 e. The van der Waals surface area contributed by atoms with Crippen molar-refractivity contribution in [3.8, 4) is 0 Å². The number of hydrogen-bond acceptors (Lipinski definition) is 0. The molecule has 0 aliphatic rings. The fourth-order valence-electron chi connectivity index (χ4n) is 0.752. The lowest BCUT2D eigenvalue weighted by molar-refractivity contribution is -0.817. The third-order valence-electron chi connectivity index (χ3n) is 1.17. The van der Waals surface area contributed by atoms with Crippen molar-refractivity contribution in [1.82, 2.24) is 0 Å². The lowest BCUT2D eigenvalue weighted by Crippen LogP contribution is -2.27. The highest BCUT2D eigenvalue weighted by molar-refractivity contribution is 4.90. The van der Waals surface area contributed by atoms with Gasteiger partial charge in [0.15, 0.2) is 0 Å². The topological polar surface area (TPSA) is 0 Å². The predicted octanol–water partition coefficient (Wildman–Crippen LogP) is 2.01. The second kappa shape index (κ2) is 3.02. The molecule has 0 aromatic carbocycles. The van der Waals surface area contributed by atoms with Crippen LogP contribution in [0.4, 0.5) is 0 Å². The quantitative estimate of drug-likeness (QED) is 0.499. The van der Waals surface area contributed by atoms with Crippen LogP contribution in [-0.4, -0.2) is 25.6 Å². The van der Waals surface area contributed by atoms with E-state index in [-0.39, 0.29) is 0 Å². The Kier molecular flexibility index (Phi) is 2.92. The number of nitrogens with zero attached hydrogens (tertiary/aromatic N) is 1. The standard InChI is InChI=1S/C8H18N/c1-6-8(2)7-9(3,4)5/h7H,6H2,1-5H3/q+1. The van der Waals surface area contributed by atoms with Crippen LogP contribution in [-0.2, 0) is 0 Å². The van der Waals surface area contributed by atoms with Gasteiger partial charge in [0.1, 0.15) is 0 Å². The van der Waals surface area contributed by atoms with Gasteiger partial charge in [0.05, 0.1) is 27.3 Å². The second-order valence-electron chi connectivity index (χ2n) is 3.45. The van der Waals surface area contributed by atoms with Gasteiger partial charge in [-0.15, -0.1) is 0 Å². The van der Waals surface area contributed by atoms with E-state index >= 15 is 0 Å². The van der Waals surface area contributed by atoms with Crippen molar-refractivity contribution in [2.75, 3.05) is 21.1 Å². The molecular formula is C8H18N+. The fraction of sp³-hybridized carbons (Fsp3) is 0.750. The van der Waals surface area contributed by atoms with Crippen LogP contribution in [0.3, 0.4) is 0 Å². The van der Waals surface area contributed by atoms with Gasteiger partial charge in [-0.2, -0.15) is 0 Å². The average molecular weight is 128 g/mol. The Balaban J connectivity index is 3.95. The van der Waals surface area contributed by atoms with Crippen molar-refractivity contribution in [3.05, 3.63) is 11.8 Å². The molecule has 0 bridgehead atoms. The van der Waals surface area contributed by atoms with Crippen LogP contribution in [0.15, 0.2) is 11.8 Å². The summed E-state index contributed by atoms with van der Waals surface area (Å²) in [5, 5.41) is 0. The SMILES string of the molecule is CCC(C)=C[N+](C)(C)C. The van der Waals surface area contributed by atoms with E-state index in [1.54, 1.807) is 0 Å². The molecule has 0 amide bonds. The van der Waals surface area contributed by atoms with Crippen LogP contribution in [0.25, 0.3) is 0 Å². The van der Waals surface area contributed by atoms with Crippen LogP contribution in [0, 0.1) is 0 Å². The summed E-state index contributed by atoms with van der Waals surface area (Å²) in [6.45, 7) is 4.35. The van der Waals surface area contributed by atoms with E-state index in [0.29, 0.717) is 0 Å². The molecule has 0 aliphatic heterocycles. The van der Waals surface area contributed by atoms with Crippen LogP contribution < -0.4 is 0 Å². The third kappa shape index (κ3) is 5.57. The van der Waals surface area contributed by atoms with E-state index < -0.39 is 0 Å². The molecule has 0 heterocycles. The Morgan fingerprint density at radius 2 is 1.78 bits per heavy atom. The molecule has 0 aliphatic carbocycles. The molecule has 0 spiro atoms. The smallest absolute Gasteiger partial charge is 0.0940 e. The molecule has 0 saturated heterocycles. The third-order valence-corrected chi connectivity index (χ3v) is 1.17. The largest absolute Gasteiger partial charge is 0.305 e. The molecule has 0 saturated carbocycles. The predicted molar refractivity (Wildman–Crippen MR) is 42.1 cm³/mol. The first-order chi connectivity index (χ1) is 3.95. The highest BCUT2D eigenvalue weighted by Gasteiger charge is 2.00. The van der Waals surface area contributed by atoms with E-state index in [9.17, 15) is 0 Å². The minimum Gasteiger partial charge on any atom is -0.305 e. The number of allylic oxidation sites excluding steroid dienone is 1. The summed E-state index contributed by atoms with van der Waals surface area (Å²) in [5.74, 6) is 0. The van der Waals surface area contributed by atoms with Gasteiger partial charge in [0.25, 0.3) is 0 Å². The molecule has 0 atom stereocenters. The van der Waals surface area contributed by atoms with Gasteiger partial charge < -0.3 is 4.48 Å². The monoisotopic (exact) mass is 128 g/mol. The molecule has 0 rings (SSSR count). The van der Waals surface area contributed by atoms with Crippen LogP contribution in [0.5, 0.6) is 0 Å². The molecule has 0 fully saturated rings. The van der Waals surface area contributed by atoms with E-state index in [1.807, 2.05) is 0 Å². The Bertz CT molecular complexity index is 106. The maximum atomic E-state index is 2.26. The van der Waals surface area contributed by atoms with Crippen LogP contribution >= 0.6 is 0 Å². The summed E-state index contributed by atoms with van der Waals surface area (Å²) in [7, 11) is 6.50. The molecule has 1 heteroatoms. The zero-order valence-electron chi connectivity index (χ0n) is 7.23. The minimum absolute atomic E-state index is 0.930. The van der Waals surface area contributed by atoms with Gasteiger partial charge in [-0.05, 0) is 18.9 Å². The average Bonchev–Trinajstić information content (AvgIpc) is 1.62. The Morgan fingerprint density at radius 1 is 1.33 bits per heavy atom. The van der Waals surface area contributed by atoms with Crippen molar-refractivity contribution in [3.63, 3.8) is 0 Å². The van der Waals surface area contributed by atoms with E-state index in [1.165, 1.54) is 5.57 Å².